The van der Waals surface area contributed by atoms with Gasteiger partial charge in [-0.05, 0) is 95.9 Å². The zero-order valence-corrected chi connectivity index (χ0v) is 31.4. The molecule has 1 unspecified atom stereocenters. The molecule has 1 aliphatic heterocycles. The van der Waals surface area contributed by atoms with E-state index in [-0.39, 0.29) is 5.91 Å². The lowest BCUT2D eigenvalue weighted by atomic mass is 9.94. The second kappa shape index (κ2) is 16.2. The summed E-state index contributed by atoms with van der Waals surface area (Å²) in [6.45, 7) is 6.81. The summed E-state index contributed by atoms with van der Waals surface area (Å²) in [5.74, 6) is 2.37. The number of rotatable bonds is 13. The molecule has 0 saturated heterocycles. The molecule has 1 aliphatic rings. The van der Waals surface area contributed by atoms with Crippen LogP contribution in [0.4, 0.5) is 11.6 Å². The number of fused-ring (bicyclic) bond motifs is 1. The zero-order chi connectivity index (χ0) is 35.2. The number of ether oxygens (including phenoxy) is 3. The van der Waals surface area contributed by atoms with Crippen LogP contribution in [0.25, 0.3) is 0 Å². The van der Waals surface area contributed by atoms with Gasteiger partial charge in [0, 0.05) is 21.5 Å². The molecule has 0 fully saturated rings. The SMILES string of the molecule is CCOc1ccccc1NC(=O)C1=C(C)Nc2nc(SCc3ccccc3Cl)nn2C1c1cc(Br)c(OCc2ccc(Cl)cc2)c(OCC)c1. The largest absolute Gasteiger partial charge is 0.492 e. The number of thioether (sulfide) groups is 1. The maximum atomic E-state index is 14.3. The van der Waals surface area contributed by atoms with Crippen molar-refractivity contribution in [3.63, 3.8) is 0 Å². The van der Waals surface area contributed by atoms with Crippen LogP contribution in [0.15, 0.2) is 106 Å². The van der Waals surface area contributed by atoms with Gasteiger partial charge in [0.2, 0.25) is 11.1 Å². The van der Waals surface area contributed by atoms with E-state index in [4.69, 9.17) is 47.5 Å². The Labute approximate surface area is 313 Å². The molecule has 5 aromatic rings. The number of para-hydroxylation sites is 2. The maximum absolute atomic E-state index is 14.3. The van der Waals surface area contributed by atoms with Gasteiger partial charge in [0.25, 0.3) is 5.91 Å². The van der Waals surface area contributed by atoms with Crippen molar-refractivity contribution < 1.29 is 19.0 Å². The Morgan fingerprint density at radius 3 is 2.44 bits per heavy atom. The molecule has 0 saturated carbocycles. The first-order valence-corrected chi connectivity index (χ1v) is 18.5. The minimum Gasteiger partial charge on any atom is -0.492 e. The number of anilines is 2. The van der Waals surface area contributed by atoms with Crippen molar-refractivity contribution >= 4 is 68.4 Å². The van der Waals surface area contributed by atoms with E-state index >= 15 is 0 Å². The van der Waals surface area contributed by atoms with E-state index in [0.29, 0.717) is 85.4 Å². The highest BCUT2D eigenvalue weighted by Crippen LogP contribution is 2.44. The van der Waals surface area contributed by atoms with Crippen molar-refractivity contribution in [2.24, 2.45) is 0 Å². The summed E-state index contributed by atoms with van der Waals surface area (Å²) < 4.78 is 20.6. The molecule has 0 aliphatic carbocycles. The number of nitrogens with one attached hydrogen (secondary N) is 2. The molecular formula is C37H34BrCl2N5O4S. The van der Waals surface area contributed by atoms with Crippen LogP contribution in [0.2, 0.25) is 10.0 Å². The Bertz CT molecular complexity index is 2040. The molecule has 1 atom stereocenters. The van der Waals surface area contributed by atoms with Crippen LogP contribution in [-0.2, 0) is 17.2 Å². The van der Waals surface area contributed by atoms with Gasteiger partial charge in [0.05, 0.1) is 28.9 Å². The second-order valence-corrected chi connectivity index (χ2v) is 13.8. The first-order chi connectivity index (χ1) is 24.2. The summed E-state index contributed by atoms with van der Waals surface area (Å²) in [5, 5.41) is 13.2. The molecule has 2 N–H and O–H groups in total. The van der Waals surface area contributed by atoms with Crippen molar-refractivity contribution in [3.05, 3.63) is 127 Å². The van der Waals surface area contributed by atoms with Gasteiger partial charge < -0.3 is 24.8 Å². The van der Waals surface area contributed by atoms with Crippen molar-refractivity contribution in [3.8, 4) is 17.2 Å². The lowest BCUT2D eigenvalue weighted by molar-refractivity contribution is -0.113. The van der Waals surface area contributed by atoms with E-state index in [1.165, 1.54) is 11.8 Å². The van der Waals surface area contributed by atoms with E-state index in [0.717, 1.165) is 16.7 Å². The maximum Gasteiger partial charge on any atom is 0.255 e. The average molecular weight is 796 g/mol. The van der Waals surface area contributed by atoms with Gasteiger partial charge in [-0.1, -0.05) is 77.4 Å². The third kappa shape index (κ3) is 8.07. The fraction of sp³-hybridized carbons (Fsp3) is 0.216. The number of nitrogens with zero attached hydrogens (tertiary/aromatic N) is 3. The molecule has 6 rings (SSSR count). The quantitative estimate of drug-likeness (QED) is 0.114. The van der Waals surface area contributed by atoms with Crippen LogP contribution < -0.4 is 24.8 Å². The summed E-state index contributed by atoms with van der Waals surface area (Å²) in [6.07, 6.45) is 0. The Balaban J connectivity index is 1.39. The van der Waals surface area contributed by atoms with Crippen LogP contribution >= 0.6 is 50.9 Å². The number of carbonyl (C=O) groups is 1. The monoisotopic (exact) mass is 793 g/mol. The van der Waals surface area contributed by atoms with Gasteiger partial charge in [0.1, 0.15) is 18.4 Å². The molecule has 9 nitrogen and oxygen atoms in total. The van der Waals surface area contributed by atoms with Gasteiger partial charge in [-0.3, -0.25) is 4.79 Å². The van der Waals surface area contributed by atoms with Gasteiger partial charge >= 0.3 is 0 Å². The summed E-state index contributed by atoms with van der Waals surface area (Å²) in [5.41, 5.74) is 4.28. The van der Waals surface area contributed by atoms with E-state index in [9.17, 15) is 4.79 Å². The van der Waals surface area contributed by atoms with Crippen LogP contribution in [0, 0.1) is 0 Å². The Morgan fingerprint density at radius 2 is 1.68 bits per heavy atom. The molecule has 4 aromatic carbocycles. The molecular weight excluding hydrogens is 761 g/mol. The third-order valence-corrected chi connectivity index (χ3v) is 9.87. The van der Waals surface area contributed by atoms with E-state index in [2.05, 4.69) is 26.6 Å². The van der Waals surface area contributed by atoms with Crippen LogP contribution in [-0.4, -0.2) is 33.9 Å². The van der Waals surface area contributed by atoms with Crippen LogP contribution in [0.5, 0.6) is 17.2 Å². The first kappa shape index (κ1) is 35.7. The number of amides is 1. The molecule has 0 bridgehead atoms. The summed E-state index contributed by atoms with van der Waals surface area (Å²) in [4.78, 5) is 19.1. The molecule has 0 radical (unpaired) electrons. The number of carbonyl (C=O) groups excluding carboxylic acids is 1. The Morgan fingerprint density at radius 1 is 0.960 bits per heavy atom. The number of hydrogen-bond acceptors (Lipinski definition) is 8. The molecule has 258 valence electrons. The van der Waals surface area contributed by atoms with Gasteiger partial charge in [-0.15, -0.1) is 5.10 Å². The fourth-order valence-corrected chi connectivity index (χ4v) is 7.29. The number of hydrogen-bond donors (Lipinski definition) is 2. The highest BCUT2D eigenvalue weighted by molar-refractivity contribution is 9.10. The predicted molar refractivity (Wildman–Crippen MR) is 203 cm³/mol. The van der Waals surface area contributed by atoms with Crippen molar-refractivity contribution in [2.45, 2.75) is 44.3 Å². The highest BCUT2D eigenvalue weighted by Gasteiger charge is 2.36. The fourth-order valence-electron chi connectivity index (χ4n) is 5.48. The van der Waals surface area contributed by atoms with Crippen molar-refractivity contribution in [1.82, 2.24) is 14.8 Å². The van der Waals surface area contributed by atoms with Crippen LogP contribution in [0.3, 0.4) is 0 Å². The van der Waals surface area contributed by atoms with E-state index < -0.39 is 6.04 Å². The minimum absolute atomic E-state index is 0.299. The summed E-state index contributed by atoms with van der Waals surface area (Å²) in [6, 6.07) is 25.6. The lowest BCUT2D eigenvalue weighted by Crippen LogP contribution is -2.31. The number of halogens is 3. The third-order valence-electron chi connectivity index (χ3n) is 7.77. The van der Waals surface area contributed by atoms with Crippen molar-refractivity contribution in [2.75, 3.05) is 23.8 Å². The number of benzene rings is 4. The summed E-state index contributed by atoms with van der Waals surface area (Å²) in [7, 11) is 0. The lowest BCUT2D eigenvalue weighted by Gasteiger charge is -2.29. The molecule has 1 amide bonds. The zero-order valence-electron chi connectivity index (χ0n) is 27.5. The normalized spacial score (nSPS) is 13.8. The van der Waals surface area contributed by atoms with E-state index in [1.54, 1.807) is 4.68 Å². The number of aromatic nitrogens is 3. The highest BCUT2D eigenvalue weighted by atomic mass is 79.9. The number of allylic oxidation sites excluding steroid dienone is 1. The Kier molecular flexibility index (Phi) is 11.6. The van der Waals surface area contributed by atoms with Crippen molar-refractivity contribution in [1.29, 1.82) is 0 Å². The molecule has 1 aromatic heterocycles. The first-order valence-electron chi connectivity index (χ1n) is 15.9. The molecule has 0 spiro atoms. The van der Waals surface area contributed by atoms with Crippen LogP contribution in [0.1, 0.15) is 43.5 Å². The Hall–Kier alpha value is -4.16. The molecule has 50 heavy (non-hydrogen) atoms. The minimum atomic E-state index is -0.687. The van der Waals surface area contributed by atoms with Gasteiger partial charge in [-0.25, -0.2) is 4.68 Å². The predicted octanol–water partition coefficient (Wildman–Crippen LogP) is 9.94. The summed E-state index contributed by atoms with van der Waals surface area (Å²) >= 11 is 17.7. The van der Waals surface area contributed by atoms with E-state index in [1.807, 2.05) is 106 Å². The average Bonchev–Trinajstić information content (AvgIpc) is 3.51. The van der Waals surface area contributed by atoms with Gasteiger partial charge in [-0.2, -0.15) is 4.98 Å². The topological polar surface area (TPSA) is 99.5 Å². The standard InChI is InChI=1S/C37H34BrCl2N5O4S/c1-4-47-30-13-9-8-12-29(30)42-35(46)32-22(3)41-36-43-37(50-21-24-10-6-7-11-28(24)40)44-45(36)33(32)25-18-27(38)34(31(19-25)48-5-2)49-20-23-14-16-26(39)17-15-23/h6-19,33H,4-5,20-21H2,1-3H3,(H,42,46)(H,41,43,44). The second-order valence-electron chi connectivity index (χ2n) is 11.2. The molecule has 2 heterocycles. The molecule has 13 heteroatoms. The smallest absolute Gasteiger partial charge is 0.255 e. The van der Waals surface area contributed by atoms with Gasteiger partial charge in [0.15, 0.2) is 11.5 Å².